The molecule has 0 aromatic heterocycles. The second-order valence-corrected chi connectivity index (χ2v) is 6.53. The maximum absolute atomic E-state index is 5.53. The van der Waals surface area contributed by atoms with Crippen LogP contribution in [-0.4, -0.2) is 12.3 Å². The summed E-state index contributed by atoms with van der Waals surface area (Å²) in [6.07, 6.45) is 4.14. The van der Waals surface area contributed by atoms with E-state index in [4.69, 9.17) is 22.9 Å². The van der Waals surface area contributed by atoms with Gasteiger partial charge in [-0.1, -0.05) is 54.4 Å². The molecule has 0 atom stereocenters. The van der Waals surface area contributed by atoms with E-state index in [-0.39, 0.29) is 23.2 Å². The molecule has 0 spiro atoms. The van der Waals surface area contributed by atoms with Crippen LogP contribution in [0.2, 0.25) is 0 Å². The third-order valence-corrected chi connectivity index (χ3v) is 3.59. The number of rotatable bonds is 6. The molecule has 0 aromatic rings. The lowest BCUT2D eigenvalue weighted by Crippen LogP contribution is -2.44. The molecule has 4 nitrogen and oxygen atoms in total. The summed E-state index contributed by atoms with van der Waals surface area (Å²) in [5, 5.41) is 0. The third kappa shape index (κ3) is 8.86. The van der Waals surface area contributed by atoms with Crippen LogP contribution < -0.4 is 22.9 Å². The van der Waals surface area contributed by atoms with E-state index in [1.165, 1.54) is 0 Å². The molecule has 0 aromatic carbocycles. The molecule has 0 aliphatic carbocycles. The molecule has 112 valence electrons. The van der Waals surface area contributed by atoms with Crippen LogP contribution in [0.5, 0.6) is 0 Å². The van der Waals surface area contributed by atoms with Crippen LogP contribution in [0, 0.1) is 10.8 Å². The number of nitrogens with two attached hydrogens (primary N) is 4. The molecule has 18 heavy (non-hydrogen) atoms. The van der Waals surface area contributed by atoms with E-state index in [2.05, 4.69) is 41.5 Å². The Kier molecular flexibility index (Phi) is 9.92. The van der Waals surface area contributed by atoms with Gasteiger partial charge in [0.2, 0.25) is 0 Å². The highest BCUT2D eigenvalue weighted by atomic mass is 14.9. The third-order valence-electron chi connectivity index (χ3n) is 3.59. The molecular weight excluding hydrogens is 224 g/mol. The summed E-state index contributed by atoms with van der Waals surface area (Å²) in [5.74, 6) is 0. The summed E-state index contributed by atoms with van der Waals surface area (Å²) in [6.45, 7) is 12.7. The lowest BCUT2D eigenvalue weighted by Gasteiger charge is -2.27. The Labute approximate surface area is 114 Å². The van der Waals surface area contributed by atoms with Crippen molar-refractivity contribution in [2.75, 3.05) is 0 Å². The Hall–Kier alpha value is -0.160. The smallest absolute Gasteiger partial charge is 0.0573 e. The van der Waals surface area contributed by atoms with Gasteiger partial charge in [-0.2, -0.15) is 0 Å². The molecule has 0 heterocycles. The van der Waals surface area contributed by atoms with Gasteiger partial charge in [0.1, 0.15) is 0 Å². The Balaban J connectivity index is 0. The molecule has 0 saturated carbocycles. The van der Waals surface area contributed by atoms with Crippen molar-refractivity contribution in [3.63, 3.8) is 0 Å². The summed E-state index contributed by atoms with van der Waals surface area (Å²) in [4.78, 5) is 0. The quantitative estimate of drug-likeness (QED) is 0.549. The maximum atomic E-state index is 5.53. The van der Waals surface area contributed by atoms with Crippen molar-refractivity contribution in [2.45, 2.75) is 79.6 Å². The van der Waals surface area contributed by atoms with Crippen molar-refractivity contribution in [3.8, 4) is 0 Å². The fourth-order valence-electron chi connectivity index (χ4n) is 1.62. The van der Waals surface area contributed by atoms with Crippen LogP contribution >= 0.6 is 0 Å². The first-order valence-corrected chi connectivity index (χ1v) is 7.03. The zero-order valence-corrected chi connectivity index (χ0v) is 13.3. The van der Waals surface area contributed by atoms with E-state index in [0.29, 0.717) is 0 Å². The second-order valence-electron chi connectivity index (χ2n) is 6.53. The summed E-state index contributed by atoms with van der Waals surface area (Å²) in [7, 11) is 0. The number of hydrogen-bond donors (Lipinski definition) is 4. The lowest BCUT2D eigenvalue weighted by atomic mass is 9.85. The van der Waals surface area contributed by atoms with Gasteiger partial charge in [-0.25, -0.2) is 0 Å². The van der Waals surface area contributed by atoms with E-state index >= 15 is 0 Å². The SMILES string of the molecule is CCCC(C)(C)C(N)N.CCCC(C)(C)C(N)N. The molecule has 4 heteroatoms. The monoisotopic (exact) mass is 260 g/mol. The first kappa shape index (κ1) is 20.2. The first-order chi connectivity index (χ1) is 8.01. The zero-order chi connectivity index (χ0) is 15.0. The van der Waals surface area contributed by atoms with Gasteiger partial charge in [0.25, 0.3) is 0 Å². The summed E-state index contributed by atoms with van der Waals surface area (Å²) in [6, 6.07) is 0. The molecule has 0 fully saturated rings. The van der Waals surface area contributed by atoms with Crippen LogP contribution in [0.4, 0.5) is 0 Å². The Morgan fingerprint density at radius 3 is 0.944 bits per heavy atom. The van der Waals surface area contributed by atoms with E-state index in [1.807, 2.05) is 0 Å². The maximum Gasteiger partial charge on any atom is 0.0573 e. The highest BCUT2D eigenvalue weighted by molar-refractivity contribution is 4.76. The van der Waals surface area contributed by atoms with Crippen molar-refractivity contribution < 1.29 is 0 Å². The van der Waals surface area contributed by atoms with Gasteiger partial charge in [0, 0.05) is 0 Å². The van der Waals surface area contributed by atoms with Gasteiger partial charge in [0.05, 0.1) is 12.3 Å². The summed E-state index contributed by atoms with van der Waals surface area (Å²) < 4.78 is 0. The van der Waals surface area contributed by atoms with Gasteiger partial charge in [-0.15, -0.1) is 0 Å². The fourth-order valence-corrected chi connectivity index (χ4v) is 1.62. The van der Waals surface area contributed by atoms with Crippen LogP contribution in [0.15, 0.2) is 0 Å². The van der Waals surface area contributed by atoms with E-state index < -0.39 is 0 Å². The van der Waals surface area contributed by atoms with Crippen molar-refractivity contribution in [1.82, 2.24) is 0 Å². The van der Waals surface area contributed by atoms with Crippen molar-refractivity contribution in [2.24, 2.45) is 33.8 Å². The van der Waals surface area contributed by atoms with E-state index in [1.54, 1.807) is 0 Å². The zero-order valence-electron chi connectivity index (χ0n) is 13.3. The molecule has 8 N–H and O–H groups in total. The molecule has 0 aliphatic heterocycles. The molecule has 0 amide bonds. The van der Waals surface area contributed by atoms with Gasteiger partial charge in [-0.3, -0.25) is 0 Å². The second kappa shape index (κ2) is 8.86. The minimum atomic E-state index is -0.183. The normalized spacial score (nSPS) is 12.7. The molecular formula is C14H36N4. The number of hydrogen-bond acceptors (Lipinski definition) is 4. The van der Waals surface area contributed by atoms with Crippen molar-refractivity contribution in [1.29, 1.82) is 0 Å². The minimum Gasteiger partial charge on any atom is -0.316 e. The highest BCUT2D eigenvalue weighted by Crippen LogP contribution is 2.23. The average Bonchev–Trinajstić information content (AvgIpc) is 2.17. The highest BCUT2D eigenvalue weighted by Gasteiger charge is 2.22. The molecule has 0 bridgehead atoms. The fraction of sp³-hybridized carbons (Fsp3) is 1.00. The molecule has 0 radical (unpaired) electrons. The average molecular weight is 260 g/mol. The van der Waals surface area contributed by atoms with Gasteiger partial charge < -0.3 is 22.9 Å². The van der Waals surface area contributed by atoms with Gasteiger partial charge in [-0.05, 0) is 23.7 Å². The molecule has 0 saturated heterocycles. The molecule has 0 rings (SSSR count). The Bertz CT molecular complexity index is 176. The van der Waals surface area contributed by atoms with Crippen LogP contribution in [-0.2, 0) is 0 Å². The molecule has 0 aliphatic rings. The summed E-state index contributed by atoms with van der Waals surface area (Å²) >= 11 is 0. The predicted octanol–water partition coefficient (Wildman–Crippen LogP) is 2.11. The Morgan fingerprint density at radius 1 is 0.667 bits per heavy atom. The van der Waals surface area contributed by atoms with Crippen LogP contribution in [0.3, 0.4) is 0 Å². The van der Waals surface area contributed by atoms with E-state index in [9.17, 15) is 0 Å². The predicted molar refractivity (Wildman–Crippen MR) is 81.7 cm³/mol. The topological polar surface area (TPSA) is 104 Å². The van der Waals surface area contributed by atoms with Gasteiger partial charge in [0.15, 0.2) is 0 Å². The van der Waals surface area contributed by atoms with Crippen molar-refractivity contribution in [3.05, 3.63) is 0 Å². The largest absolute Gasteiger partial charge is 0.316 e. The standard InChI is InChI=1S/2C7H18N2/c2*1-4-5-7(2,3)6(8)9/h2*6H,4-5,8-9H2,1-3H3. The van der Waals surface area contributed by atoms with Gasteiger partial charge >= 0.3 is 0 Å². The summed E-state index contributed by atoms with van der Waals surface area (Å²) in [5.41, 5.74) is 22.3. The molecule has 0 unspecified atom stereocenters. The first-order valence-electron chi connectivity index (χ1n) is 7.03. The van der Waals surface area contributed by atoms with Crippen LogP contribution in [0.25, 0.3) is 0 Å². The Morgan fingerprint density at radius 2 is 0.889 bits per heavy atom. The van der Waals surface area contributed by atoms with Crippen molar-refractivity contribution >= 4 is 0 Å². The van der Waals surface area contributed by atoms with E-state index in [0.717, 1.165) is 25.7 Å². The minimum absolute atomic E-state index is 0.106. The van der Waals surface area contributed by atoms with Crippen LogP contribution in [0.1, 0.15) is 67.2 Å². The lowest BCUT2D eigenvalue weighted by molar-refractivity contribution is 0.265.